The Labute approximate surface area is 139 Å². The molecule has 0 aliphatic heterocycles. The lowest BCUT2D eigenvalue weighted by molar-refractivity contribution is -0.121. The van der Waals surface area contributed by atoms with Gasteiger partial charge in [-0.3, -0.25) is 25.4 Å². The zero-order valence-corrected chi connectivity index (χ0v) is 13.5. The van der Waals surface area contributed by atoms with Crippen molar-refractivity contribution in [3.63, 3.8) is 0 Å². The minimum atomic E-state index is -0.449. The Morgan fingerprint density at radius 1 is 1.12 bits per heavy atom. The number of rotatable bonds is 3. The van der Waals surface area contributed by atoms with Crippen LogP contribution in [0, 0.1) is 13.8 Å². The lowest BCUT2D eigenvalue weighted by atomic mass is 10.1. The standard InChI is InChI=1S/C18H18N4O2/c1-11-6-7-15-14(9-11)13(12(2)20-15)10-17(23)21-22-18(24)16-5-3-4-8-19-16/h3-9,20H,10H2,1-2H3,(H,21,23)(H,22,24). The van der Waals surface area contributed by atoms with E-state index in [1.165, 1.54) is 6.20 Å². The molecule has 6 nitrogen and oxygen atoms in total. The molecule has 0 saturated heterocycles. The summed E-state index contributed by atoms with van der Waals surface area (Å²) in [5.41, 5.74) is 9.06. The number of aryl methyl sites for hydroxylation is 2. The van der Waals surface area contributed by atoms with Crippen molar-refractivity contribution in [2.24, 2.45) is 0 Å². The number of pyridine rings is 1. The summed E-state index contributed by atoms with van der Waals surface area (Å²) < 4.78 is 0. The summed E-state index contributed by atoms with van der Waals surface area (Å²) in [7, 11) is 0. The highest BCUT2D eigenvalue weighted by atomic mass is 16.2. The van der Waals surface area contributed by atoms with Crippen LogP contribution in [0.5, 0.6) is 0 Å². The van der Waals surface area contributed by atoms with E-state index in [0.717, 1.165) is 27.7 Å². The van der Waals surface area contributed by atoms with Crippen LogP contribution in [0.2, 0.25) is 0 Å². The third-order valence-electron chi connectivity index (χ3n) is 3.83. The Morgan fingerprint density at radius 2 is 1.96 bits per heavy atom. The number of fused-ring (bicyclic) bond motifs is 1. The average Bonchev–Trinajstić information content (AvgIpc) is 2.89. The molecule has 2 amide bonds. The van der Waals surface area contributed by atoms with E-state index in [4.69, 9.17) is 0 Å². The van der Waals surface area contributed by atoms with Crippen LogP contribution in [0.15, 0.2) is 42.6 Å². The molecule has 3 rings (SSSR count). The van der Waals surface area contributed by atoms with Gasteiger partial charge in [0.25, 0.3) is 5.91 Å². The number of aromatic amines is 1. The van der Waals surface area contributed by atoms with Crippen LogP contribution >= 0.6 is 0 Å². The molecular weight excluding hydrogens is 304 g/mol. The van der Waals surface area contributed by atoms with Crippen LogP contribution in [0.4, 0.5) is 0 Å². The quantitative estimate of drug-likeness (QED) is 0.646. The number of nitrogens with zero attached hydrogens (tertiary/aromatic N) is 1. The monoisotopic (exact) mass is 322 g/mol. The van der Waals surface area contributed by atoms with Crippen molar-refractivity contribution in [1.29, 1.82) is 0 Å². The first-order valence-corrected chi connectivity index (χ1v) is 7.62. The zero-order chi connectivity index (χ0) is 17.1. The summed E-state index contributed by atoms with van der Waals surface area (Å²) in [5, 5.41) is 1.03. The molecule has 0 spiro atoms. The molecule has 0 atom stereocenters. The molecule has 2 aromatic heterocycles. The molecule has 122 valence electrons. The topological polar surface area (TPSA) is 86.9 Å². The van der Waals surface area contributed by atoms with Crippen molar-refractivity contribution < 1.29 is 9.59 Å². The van der Waals surface area contributed by atoms with Gasteiger partial charge in [-0.25, -0.2) is 0 Å². The van der Waals surface area contributed by atoms with E-state index in [1.807, 2.05) is 32.0 Å². The summed E-state index contributed by atoms with van der Waals surface area (Å²) in [4.78, 5) is 31.2. The molecule has 2 heterocycles. The Hall–Kier alpha value is -3.15. The summed E-state index contributed by atoms with van der Waals surface area (Å²) >= 11 is 0. The highest BCUT2D eigenvalue weighted by Gasteiger charge is 2.14. The molecule has 0 aliphatic rings. The third kappa shape index (κ3) is 3.27. The minimum Gasteiger partial charge on any atom is -0.358 e. The Morgan fingerprint density at radius 3 is 2.71 bits per heavy atom. The van der Waals surface area contributed by atoms with E-state index < -0.39 is 5.91 Å². The normalized spacial score (nSPS) is 10.6. The predicted octanol–water partition coefficient (Wildman–Crippen LogP) is 2.18. The smallest absolute Gasteiger partial charge is 0.288 e. The van der Waals surface area contributed by atoms with Crippen LogP contribution in [0.1, 0.15) is 27.3 Å². The van der Waals surface area contributed by atoms with Crippen molar-refractivity contribution in [3.05, 3.63) is 65.1 Å². The van der Waals surface area contributed by atoms with Crippen LogP contribution in [0.3, 0.4) is 0 Å². The zero-order valence-electron chi connectivity index (χ0n) is 13.5. The lowest BCUT2D eigenvalue weighted by Crippen LogP contribution is -2.42. The van der Waals surface area contributed by atoms with Crippen molar-refractivity contribution in [1.82, 2.24) is 20.8 Å². The van der Waals surface area contributed by atoms with Crippen LogP contribution in [0.25, 0.3) is 10.9 Å². The fourth-order valence-corrected chi connectivity index (χ4v) is 2.62. The van der Waals surface area contributed by atoms with Crippen molar-refractivity contribution >= 4 is 22.7 Å². The minimum absolute atomic E-state index is 0.178. The van der Waals surface area contributed by atoms with E-state index in [9.17, 15) is 9.59 Å². The first kappa shape index (κ1) is 15.7. The molecule has 24 heavy (non-hydrogen) atoms. The number of H-pyrrole nitrogens is 1. The Kier molecular flexibility index (Phi) is 4.29. The molecule has 3 N–H and O–H groups in total. The largest absolute Gasteiger partial charge is 0.358 e. The van der Waals surface area contributed by atoms with Gasteiger partial charge in [0.2, 0.25) is 5.91 Å². The first-order chi connectivity index (χ1) is 11.5. The number of hydrazine groups is 1. The fraction of sp³-hybridized carbons (Fsp3) is 0.167. The van der Waals surface area contributed by atoms with E-state index in [1.54, 1.807) is 18.2 Å². The van der Waals surface area contributed by atoms with Crippen LogP contribution in [-0.2, 0) is 11.2 Å². The molecule has 1 aromatic carbocycles. The Balaban J connectivity index is 1.68. The second-order valence-electron chi connectivity index (χ2n) is 5.67. The highest BCUT2D eigenvalue weighted by Crippen LogP contribution is 2.23. The second-order valence-corrected chi connectivity index (χ2v) is 5.67. The van der Waals surface area contributed by atoms with Gasteiger partial charge < -0.3 is 4.98 Å². The number of nitrogens with one attached hydrogen (secondary N) is 3. The van der Waals surface area contributed by atoms with Gasteiger partial charge in [0, 0.05) is 22.8 Å². The summed E-state index contributed by atoms with van der Waals surface area (Å²) in [6, 6.07) is 11.1. The number of hydrogen-bond acceptors (Lipinski definition) is 3. The van der Waals surface area contributed by atoms with E-state index in [-0.39, 0.29) is 18.0 Å². The van der Waals surface area contributed by atoms with Gasteiger partial charge >= 0.3 is 0 Å². The van der Waals surface area contributed by atoms with Crippen molar-refractivity contribution in [3.8, 4) is 0 Å². The number of carbonyl (C=O) groups is 2. The van der Waals surface area contributed by atoms with E-state index in [2.05, 4.69) is 20.8 Å². The molecule has 0 saturated carbocycles. The van der Waals surface area contributed by atoms with Gasteiger partial charge in [-0.15, -0.1) is 0 Å². The molecule has 0 aliphatic carbocycles. The average molecular weight is 322 g/mol. The molecule has 3 aromatic rings. The van der Waals surface area contributed by atoms with E-state index in [0.29, 0.717) is 0 Å². The van der Waals surface area contributed by atoms with Gasteiger partial charge in [-0.2, -0.15) is 0 Å². The molecule has 0 fully saturated rings. The molecule has 0 unspecified atom stereocenters. The summed E-state index contributed by atoms with van der Waals surface area (Å²) in [5.74, 6) is -0.736. The first-order valence-electron chi connectivity index (χ1n) is 7.62. The van der Waals surface area contributed by atoms with Gasteiger partial charge in [-0.1, -0.05) is 17.7 Å². The van der Waals surface area contributed by atoms with Gasteiger partial charge in [-0.05, 0) is 43.7 Å². The number of aromatic nitrogens is 2. The number of carbonyl (C=O) groups excluding carboxylic acids is 2. The van der Waals surface area contributed by atoms with Gasteiger partial charge in [0.05, 0.1) is 6.42 Å². The maximum absolute atomic E-state index is 12.2. The summed E-state index contributed by atoms with van der Waals surface area (Å²) in [6.45, 7) is 3.95. The second kappa shape index (κ2) is 6.54. The number of hydrogen-bond donors (Lipinski definition) is 3. The third-order valence-corrected chi connectivity index (χ3v) is 3.83. The maximum Gasteiger partial charge on any atom is 0.288 e. The molecular formula is C18H18N4O2. The summed E-state index contributed by atoms with van der Waals surface area (Å²) in [6.07, 6.45) is 1.70. The molecule has 0 radical (unpaired) electrons. The lowest BCUT2D eigenvalue weighted by Gasteiger charge is -2.07. The SMILES string of the molecule is Cc1ccc2[nH]c(C)c(CC(=O)NNC(=O)c3ccccn3)c2c1. The number of amides is 2. The van der Waals surface area contributed by atoms with Gasteiger partial charge in [0.1, 0.15) is 5.69 Å². The van der Waals surface area contributed by atoms with Crippen LogP contribution < -0.4 is 10.9 Å². The predicted molar refractivity (Wildman–Crippen MR) is 91.3 cm³/mol. The maximum atomic E-state index is 12.2. The fourth-order valence-electron chi connectivity index (χ4n) is 2.62. The van der Waals surface area contributed by atoms with Crippen molar-refractivity contribution in [2.75, 3.05) is 0 Å². The Bertz CT molecular complexity index is 900. The number of benzene rings is 1. The van der Waals surface area contributed by atoms with E-state index >= 15 is 0 Å². The van der Waals surface area contributed by atoms with Crippen LogP contribution in [-0.4, -0.2) is 21.8 Å². The van der Waals surface area contributed by atoms with Crippen molar-refractivity contribution in [2.45, 2.75) is 20.3 Å². The highest BCUT2D eigenvalue weighted by molar-refractivity contribution is 5.95. The molecule has 6 heteroatoms. The molecule has 0 bridgehead atoms. The van der Waals surface area contributed by atoms with Gasteiger partial charge in [0.15, 0.2) is 0 Å².